The summed E-state index contributed by atoms with van der Waals surface area (Å²) >= 11 is 1.72. The Morgan fingerprint density at radius 3 is 2.41 bits per heavy atom. The van der Waals surface area contributed by atoms with Crippen molar-refractivity contribution in [3.05, 3.63) is 35.0 Å². The first-order valence-corrected chi connectivity index (χ1v) is 10.4. The van der Waals surface area contributed by atoms with E-state index in [2.05, 4.69) is 38.8 Å². The quantitative estimate of drug-likeness (QED) is 0.613. The highest BCUT2D eigenvalue weighted by Gasteiger charge is 2.23. The Balaban J connectivity index is 1.48. The molecule has 0 N–H and O–H groups in total. The molecule has 3 heterocycles. The van der Waals surface area contributed by atoms with Crippen molar-refractivity contribution in [2.24, 2.45) is 0 Å². The Labute approximate surface area is 174 Å². The van der Waals surface area contributed by atoms with Gasteiger partial charge in [0.25, 0.3) is 0 Å². The van der Waals surface area contributed by atoms with Crippen molar-refractivity contribution < 1.29 is 14.2 Å². The SMILES string of the molecule is COc1ccc(CN2CCN(c3ncnc4sc(C)cc34)CC2)c(OC)c1OC. The van der Waals surface area contributed by atoms with Gasteiger partial charge in [-0.15, -0.1) is 11.3 Å². The van der Waals surface area contributed by atoms with Crippen LogP contribution in [0.25, 0.3) is 10.2 Å². The zero-order chi connectivity index (χ0) is 20.4. The number of hydrogen-bond donors (Lipinski definition) is 0. The molecule has 0 saturated carbocycles. The molecule has 1 saturated heterocycles. The van der Waals surface area contributed by atoms with Gasteiger partial charge in [0.1, 0.15) is 17.0 Å². The van der Waals surface area contributed by atoms with Crippen LogP contribution >= 0.6 is 11.3 Å². The van der Waals surface area contributed by atoms with Gasteiger partial charge in [-0.1, -0.05) is 6.07 Å². The fraction of sp³-hybridized carbons (Fsp3) is 0.429. The first kappa shape index (κ1) is 19.7. The minimum absolute atomic E-state index is 0.641. The Morgan fingerprint density at radius 2 is 1.72 bits per heavy atom. The topological polar surface area (TPSA) is 60.0 Å². The first-order chi connectivity index (χ1) is 14.1. The summed E-state index contributed by atoms with van der Waals surface area (Å²) in [4.78, 5) is 16.1. The molecule has 0 atom stereocenters. The number of nitrogens with zero attached hydrogens (tertiary/aromatic N) is 4. The molecule has 0 spiro atoms. The van der Waals surface area contributed by atoms with Gasteiger partial charge in [0.2, 0.25) is 5.75 Å². The van der Waals surface area contributed by atoms with Gasteiger partial charge in [0.05, 0.1) is 26.7 Å². The molecule has 0 amide bonds. The van der Waals surface area contributed by atoms with Crippen LogP contribution in [0, 0.1) is 6.92 Å². The average Bonchev–Trinajstić information content (AvgIpc) is 3.14. The van der Waals surface area contributed by atoms with Crippen LogP contribution in [0.1, 0.15) is 10.4 Å². The predicted molar refractivity (Wildman–Crippen MR) is 116 cm³/mol. The number of ether oxygens (including phenoxy) is 3. The van der Waals surface area contributed by atoms with Gasteiger partial charge >= 0.3 is 0 Å². The molecule has 2 aromatic heterocycles. The predicted octanol–water partition coefficient (Wildman–Crippen LogP) is 3.35. The second-order valence-electron chi connectivity index (χ2n) is 7.03. The maximum atomic E-state index is 5.63. The summed E-state index contributed by atoms with van der Waals surface area (Å²) in [5.41, 5.74) is 1.09. The van der Waals surface area contributed by atoms with Gasteiger partial charge < -0.3 is 19.1 Å². The van der Waals surface area contributed by atoms with Crippen LogP contribution in [0.3, 0.4) is 0 Å². The summed E-state index contributed by atoms with van der Waals surface area (Å²) in [6.45, 7) is 6.67. The van der Waals surface area contributed by atoms with E-state index in [-0.39, 0.29) is 0 Å². The van der Waals surface area contributed by atoms with Crippen molar-refractivity contribution in [1.29, 1.82) is 0 Å². The van der Waals surface area contributed by atoms with Gasteiger partial charge in [0, 0.05) is 43.2 Å². The fourth-order valence-corrected chi connectivity index (χ4v) is 4.70. The summed E-state index contributed by atoms with van der Waals surface area (Å²) in [5.74, 6) is 3.10. The highest BCUT2D eigenvalue weighted by molar-refractivity contribution is 7.18. The zero-order valence-electron chi connectivity index (χ0n) is 17.3. The largest absolute Gasteiger partial charge is 0.493 e. The van der Waals surface area contributed by atoms with Crippen LogP contribution in [0.5, 0.6) is 17.2 Å². The molecule has 0 radical (unpaired) electrons. The summed E-state index contributed by atoms with van der Waals surface area (Å²) in [5, 5.41) is 1.16. The van der Waals surface area contributed by atoms with Crippen LogP contribution in [0.2, 0.25) is 0 Å². The molecule has 154 valence electrons. The van der Waals surface area contributed by atoms with E-state index in [9.17, 15) is 0 Å². The van der Waals surface area contributed by atoms with Gasteiger partial charge in [0.15, 0.2) is 11.5 Å². The van der Waals surface area contributed by atoms with E-state index in [0.29, 0.717) is 11.5 Å². The van der Waals surface area contributed by atoms with E-state index in [1.54, 1.807) is 39.0 Å². The van der Waals surface area contributed by atoms with E-state index in [1.165, 1.54) is 4.88 Å². The fourth-order valence-electron chi connectivity index (χ4n) is 3.86. The number of anilines is 1. The Bertz CT molecular complexity index is 999. The Kier molecular flexibility index (Phi) is 5.73. The van der Waals surface area contributed by atoms with E-state index < -0.39 is 0 Å². The maximum Gasteiger partial charge on any atom is 0.203 e. The van der Waals surface area contributed by atoms with Crippen molar-refractivity contribution in [2.45, 2.75) is 13.5 Å². The third kappa shape index (κ3) is 3.82. The van der Waals surface area contributed by atoms with Crippen molar-refractivity contribution in [3.63, 3.8) is 0 Å². The molecule has 4 rings (SSSR count). The molecule has 1 aliphatic rings. The zero-order valence-corrected chi connectivity index (χ0v) is 18.1. The van der Waals surface area contributed by atoms with E-state index >= 15 is 0 Å². The maximum absolute atomic E-state index is 5.63. The molecule has 7 nitrogen and oxygen atoms in total. The molecule has 0 aliphatic carbocycles. The van der Waals surface area contributed by atoms with Gasteiger partial charge in [-0.25, -0.2) is 9.97 Å². The van der Waals surface area contributed by atoms with Crippen molar-refractivity contribution in [2.75, 3.05) is 52.4 Å². The lowest BCUT2D eigenvalue weighted by atomic mass is 10.1. The van der Waals surface area contributed by atoms with Crippen molar-refractivity contribution in [1.82, 2.24) is 14.9 Å². The molecule has 8 heteroatoms. The number of fused-ring (bicyclic) bond motifs is 1. The number of thiophene rings is 1. The number of aromatic nitrogens is 2. The molecule has 0 unspecified atom stereocenters. The molecule has 1 aliphatic heterocycles. The van der Waals surface area contributed by atoms with Crippen LogP contribution in [0.15, 0.2) is 24.5 Å². The van der Waals surface area contributed by atoms with Gasteiger partial charge in [-0.05, 0) is 19.1 Å². The molecule has 29 heavy (non-hydrogen) atoms. The minimum Gasteiger partial charge on any atom is -0.493 e. The monoisotopic (exact) mass is 414 g/mol. The van der Waals surface area contributed by atoms with Crippen molar-refractivity contribution >= 4 is 27.4 Å². The number of methoxy groups -OCH3 is 3. The van der Waals surface area contributed by atoms with Crippen LogP contribution < -0.4 is 19.1 Å². The lowest BCUT2D eigenvalue weighted by Gasteiger charge is -2.35. The normalized spacial score (nSPS) is 15.0. The van der Waals surface area contributed by atoms with E-state index in [0.717, 1.165) is 60.1 Å². The molecular weight excluding hydrogens is 388 g/mol. The molecular formula is C21H26N4O3S. The Hall–Kier alpha value is -2.58. The van der Waals surface area contributed by atoms with E-state index in [1.807, 2.05) is 6.07 Å². The highest BCUT2D eigenvalue weighted by Crippen LogP contribution is 2.40. The van der Waals surface area contributed by atoms with Crippen LogP contribution in [-0.4, -0.2) is 62.4 Å². The summed E-state index contributed by atoms with van der Waals surface area (Å²) in [6.07, 6.45) is 1.68. The molecule has 1 fully saturated rings. The number of hydrogen-bond acceptors (Lipinski definition) is 8. The second kappa shape index (κ2) is 8.42. The van der Waals surface area contributed by atoms with Crippen LogP contribution in [-0.2, 0) is 6.54 Å². The number of rotatable bonds is 6. The lowest BCUT2D eigenvalue weighted by molar-refractivity contribution is 0.243. The third-order valence-electron chi connectivity index (χ3n) is 5.28. The van der Waals surface area contributed by atoms with Crippen LogP contribution in [0.4, 0.5) is 5.82 Å². The third-order valence-corrected chi connectivity index (χ3v) is 6.24. The Morgan fingerprint density at radius 1 is 0.966 bits per heavy atom. The molecule has 0 bridgehead atoms. The van der Waals surface area contributed by atoms with Gasteiger partial charge in [-0.2, -0.15) is 0 Å². The molecule has 3 aromatic rings. The molecule has 1 aromatic carbocycles. The second-order valence-corrected chi connectivity index (χ2v) is 8.26. The summed E-state index contributed by atoms with van der Waals surface area (Å²) in [7, 11) is 4.94. The highest BCUT2D eigenvalue weighted by atomic mass is 32.1. The van der Waals surface area contributed by atoms with E-state index in [4.69, 9.17) is 14.2 Å². The average molecular weight is 415 g/mol. The van der Waals surface area contributed by atoms with Gasteiger partial charge in [-0.3, -0.25) is 4.90 Å². The van der Waals surface area contributed by atoms with Crippen molar-refractivity contribution in [3.8, 4) is 17.2 Å². The standard InChI is InChI=1S/C21H26N4O3S/c1-14-11-16-20(22-13-23-21(16)29-14)25-9-7-24(8-10-25)12-15-5-6-17(26-2)19(28-4)18(15)27-3/h5-6,11,13H,7-10,12H2,1-4H3. The summed E-state index contributed by atoms with van der Waals surface area (Å²) in [6, 6.07) is 6.17. The first-order valence-electron chi connectivity index (χ1n) is 9.61. The number of piperazine rings is 1. The summed E-state index contributed by atoms with van der Waals surface area (Å²) < 4.78 is 16.5. The number of benzene rings is 1. The lowest BCUT2D eigenvalue weighted by Crippen LogP contribution is -2.46. The minimum atomic E-state index is 0.641. The smallest absolute Gasteiger partial charge is 0.203 e. The number of aryl methyl sites for hydroxylation is 1.